The first kappa shape index (κ1) is 15.3. The molecule has 0 aliphatic carbocycles. The van der Waals surface area contributed by atoms with Gasteiger partial charge in [0.1, 0.15) is 0 Å². The highest BCUT2D eigenvalue weighted by atomic mass is 32.2. The molecule has 5 nitrogen and oxygen atoms in total. The number of thioether (sulfide) groups is 1. The van der Waals surface area contributed by atoms with Gasteiger partial charge in [0, 0.05) is 17.8 Å². The monoisotopic (exact) mass is 272 g/mol. The maximum Gasteiger partial charge on any atom is 0.343 e. The molecular formula is C12H24N4OS. The van der Waals surface area contributed by atoms with Crippen LogP contribution in [-0.2, 0) is 6.54 Å². The number of nitrogens with zero attached hydrogens (tertiary/aromatic N) is 2. The first-order chi connectivity index (χ1) is 8.63. The highest BCUT2D eigenvalue weighted by Crippen LogP contribution is 2.23. The largest absolute Gasteiger partial charge is 0.343 e. The second-order valence-corrected chi connectivity index (χ2v) is 5.70. The summed E-state index contributed by atoms with van der Waals surface area (Å²) in [6.07, 6.45) is 2.01. The van der Waals surface area contributed by atoms with E-state index < -0.39 is 0 Å². The summed E-state index contributed by atoms with van der Waals surface area (Å²) in [7, 11) is 0. The Labute approximate surface area is 113 Å². The molecule has 2 unspecified atom stereocenters. The molecule has 1 aromatic rings. The molecule has 0 aliphatic heterocycles. The van der Waals surface area contributed by atoms with Crippen LogP contribution in [0.1, 0.15) is 40.5 Å². The van der Waals surface area contributed by atoms with Gasteiger partial charge in [-0.05, 0) is 19.4 Å². The highest BCUT2D eigenvalue weighted by Gasteiger charge is 2.19. The van der Waals surface area contributed by atoms with E-state index >= 15 is 0 Å². The Morgan fingerprint density at radius 1 is 1.44 bits per heavy atom. The van der Waals surface area contributed by atoms with Crippen molar-refractivity contribution < 1.29 is 0 Å². The zero-order valence-corrected chi connectivity index (χ0v) is 12.5. The summed E-state index contributed by atoms with van der Waals surface area (Å²) in [4.78, 5) is 11.6. The van der Waals surface area contributed by atoms with E-state index in [2.05, 4.69) is 43.2 Å². The summed E-state index contributed by atoms with van der Waals surface area (Å²) in [5, 5.41) is 11.3. The first-order valence-electron chi connectivity index (χ1n) is 6.69. The van der Waals surface area contributed by atoms with Crippen LogP contribution in [0.5, 0.6) is 0 Å². The van der Waals surface area contributed by atoms with Gasteiger partial charge in [-0.2, -0.15) is 0 Å². The Morgan fingerprint density at radius 3 is 2.72 bits per heavy atom. The van der Waals surface area contributed by atoms with Crippen LogP contribution < -0.4 is 11.0 Å². The van der Waals surface area contributed by atoms with E-state index in [0.29, 0.717) is 11.3 Å². The number of hydrogen-bond acceptors (Lipinski definition) is 4. The number of hydrogen-bond donors (Lipinski definition) is 2. The predicted molar refractivity (Wildman–Crippen MR) is 76.2 cm³/mol. The molecule has 2 N–H and O–H groups in total. The zero-order valence-electron chi connectivity index (χ0n) is 11.7. The third-order valence-corrected chi connectivity index (χ3v) is 4.16. The van der Waals surface area contributed by atoms with Gasteiger partial charge >= 0.3 is 5.69 Å². The number of aromatic nitrogens is 3. The van der Waals surface area contributed by atoms with Gasteiger partial charge in [-0.1, -0.05) is 39.5 Å². The smallest absolute Gasteiger partial charge is 0.313 e. The quantitative estimate of drug-likeness (QED) is 0.709. The number of aromatic amines is 1. The average Bonchev–Trinajstić information content (AvgIpc) is 2.69. The number of rotatable bonds is 8. The highest BCUT2D eigenvalue weighted by molar-refractivity contribution is 7.99. The van der Waals surface area contributed by atoms with E-state index in [1.807, 2.05) is 0 Å². The van der Waals surface area contributed by atoms with Crippen molar-refractivity contribution in [2.75, 3.05) is 6.54 Å². The molecule has 0 fully saturated rings. The molecule has 6 heteroatoms. The lowest BCUT2D eigenvalue weighted by Crippen LogP contribution is -2.36. The van der Waals surface area contributed by atoms with Gasteiger partial charge in [0.05, 0.1) is 0 Å². The van der Waals surface area contributed by atoms with Crippen LogP contribution in [0.4, 0.5) is 0 Å². The standard InChI is InChI=1S/C12H24N4OS/c1-5-8-16-11(17)14-15-12(16)18-9(4)10(6-2)13-7-3/h9-10,13H,5-8H2,1-4H3,(H,14,17). The second kappa shape index (κ2) is 7.63. The van der Waals surface area contributed by atoms with Crippen molar-refractivity contribution >= 4 is 11.8 Å². The Balaban J connectivity index is 2.74. The molecule has 0 saturated carbocycles. The normalized spacial score (nSPS) is 14.7. The number of nitrogens with one attached hydrogen (secondary N) is 2. The SMILES string of the molecule is CCCn1c(SC(C)C(CC)NCC)n[nH]c1=O. The minimum absolute atomic E-state index is 0.108. The van der Waals surface area contributed by atoms with E-state index in [1.54, 1.807) is 16.3 Å². The van der Waals surface area contributed by atoms with Crippen molar-refractivity contribution in [3.8, 4) is 0 Å². The third kappa shape index (κ3) is 3.88. The van der Waals surface area contributed by atoms with Crippen LogP contribution >= 0.6 is 11.8 Å². The minimum Gasteiger partial charge on any atom is -0.313 e. The van der Waals surface area contributed by atoms with E-state index in [-0.39, 0.29) is 5.69 Å². The Hall–Kier alpha value is -0.750. The van der Waals surface area contributed by atoms with Gasteiger partial charge in [0.15, 0.2) is 5.16 Å². The summed E-state index contributed by atoms with van der Waals surface area (Å²) < 4.78 is 1.72. The summed E-state index contributed by atoms with van der Waals surface area (Å²) in [5.41, 5.74) is -0.108. The molecule has 2 atom stereocenters. The van der Waals surface area contributed by atoms with E-state index in [1.165, 1.54) is 0 Å². The lowest BCUT2D eigenvalue weighted by molar-refractivity contribution is 0.507. The van der Waals surface area contributed by atoms with E-state index in [9.17, 15) is 4.79 Å². The predicted octanol–water partition coefficient (Wildman–Crippen LogP) is 1.85. The van der Waals surface area contributed by atoms with E-state index in [4.69, 9.17) is 0 Å². The fourth-order valence-electron chi connectivity index (χ4n) is 1.97. The fourth-order valence-corrected chi connectivity index (χ4v) is 3.15. The van der Waals surface area contributed by atoms with Crippen molar-refractivity contribution in [3.63, 3.8) is 0 Å². The molecular weight excluding hydrogens is 248 g/mol. The lowest BCUT2D eigenvalue weighted by Gasteiger charge is -2.22. The molecule has 1 heterocycles. The van der Waals surface area contributed by atoms with Crippen LogP contribution in [-0.4, -0.2) is 32.6 Å². The van der Waals surface area contributed by atoms with Crippen molar-refractivity contribution in [1.29, 1.82) is 0 Å². The van der Waals surface area contributed by atoms with Gasteiger partial charge in [-0.25, -0.2) is 9.89 Å². The molecule has 0 spiro atoms. The van der Waals surface area contributed by atoms with Gasteiger partial charge in [-0.15, -0.1) is 5.10 Å². The number of H-pyrrole nitrogens is 1. The molecule has 1 rings (SSSR count). The Morgan fingerprint density at radius 2 is 2.17 bits per heavy atom. The molecule has 0 aromatic carbocycles. The molecule has 0 aliphatic rings. The Kier molecular flexibility index (Phi) is 6.49. The first-order valence-corrected chi connectivity index (χ1v) is 7.57. The zero-order chi connectivity index (χ0) is 13.5. The maximum absolute atomic E-state index is 11.6. The fraction of sp³-hybridized carbons (Fsp3) is 0.833. The minimum atomic E-state index is -0.108. The summed E-state index contributed by atoms with van der Waals surface area (Å²) in [6, 6.07) is 0.446. The van der Waals surface area contributed by atoms with Gasteiger partial charge < -0.3 is 5.32 Å². The molecule has 0 bridgehead atoms. The summed E-state index contributed by atoms with van der Waals surface area (Å²) in [6.45, 7) is 10.2. The van der Waals surface area contributed by atoms with Crippen molar-refractivity contribution in [2.45, 2.75) is 63.5 Å². The lowest BCUT2D eigenvalue weighted by atomic mass is 10.2. The van der Waals surface area contributed by atoms with Crippen LogP contribution in [0.25, 0.3) is 0 Å². The van der Waals surface area contributed by atoms with Crippen LogP contribution in [0.2, 0.25) is 0 Å². The molecule has 0 radical (unpaired) electrons. The van der Waals surface area contributed by atoms with Crippen LogP contribution in [0.15, 0.2) is 9.95 Å². The van der Waals surface area contributed by atoms with E-state index in [0.717, 1.165) is 31.1 Å². The van der Waals surface area contributed by atoms with Crippen molar-refractivity contribution in [1.82, 2.24) is 20.1 Å². The topological polar surface area (TPSA) is 62.7 Å². The van der Waals surface area contributed by atoms with Gasteiger partial charge in [0.2, 0.25) is 0 Å². The molecule has 1 aromatic heterocycles. The molecule has 0 amide bonds. The Bertz CT molecular complexity index is 401. The van der Waals surface area contributed by atoms with Crippen LogP contribution in [0, 0.1) is 0 Å². The summed E-state index contributed by atoms with van der Waals surface area (Å²) >= 11 is 1.66. The second-order valence-electron chi connectivity index (χ2n) is 4.36. The van der Waals surface area contributed by atoms with Crippen molar-refractivity contribution in [2.24, 2.45) is 0 Å². The van der Waals surface area contributed by atoms with Crippen LogP contribution in [0.3, 0.4) is 0 Å². The van der Waals surface area contributed by atoms with Gasteiger partial charge in [-0.3, -0.25) is 4.57 Å². The van der Waals surface area contributed by atoms with Gasteiger partial charge in [0.25, 0.3) is 0 Å². The average molecular weight is 272 g/mol. The third-order valence-electron chi connectivity index (χ3n) is 2.93. The molecule has 0 saturated heterocycles. The maximum atomic E-state index is 11.6. The summed E-state index contributed by atoms with van der Waals surface area (Å²) in [5.74, 6) is 0. The van der Waals surface area contributed by atoms with Crippen molar-refractivity contribution in [3.05, 3.63) is 10.5 Å². The molecule has 104 valence electrons. The molecule has 18 heavy (non-hydrogen) atoms.